The molecule has 0 bridgehead atoms. The van der Waals surface area contributed by atoms with Gasteiger partial charge in [0, 0.05) is 23.6 Å². The normalized spacial score (nSPS) is 10.3. The number of nitrogens with zero attached hydrogens (tertiary/aromatic N) is 3. The first-order valence-corrected chi connectivity index (χ1v) is 4.86. The summed E-state index contributed by atoms with van der Waals surface area (Å²) in [5.41, 5.74) is 0.241. The minimum Gasteiger partial charge on any atom is -0.355 e. The number of anilines is 1. The molecule has 0 aliphatic rings. The molecule has 0 aliphatic heterocycles. The lowest BCUT2D eigenvalue weighted by atomic mass is 10.2. The van der Waals surface area contributed by atoms with Crippen molar-refractivity contribution in [1.82, 2.24) is 14.8 Å². The summed E-state index contributed by atoms with van der Waals surface area (Å²) in [6, 6.07) is 3.30. The molecule has 0 fully saturated rings. The van der Waals surface area contributed by atoms with Crippen LogP contribution in [0.5, 0.6) is 0 Å². The topological polar surface area (TPSA) is 50.7 Å². The van der Waals surface area contributed by atoms with Crippen molar-refractivity contribution in [3.05, 3.63) is 35.4 Å². The molecule has 0 aliphatic carbocycles. The summed E-state index contributed by atoms with van der Waals surface area (Å²) >= 11 is 1.05. The quantitative estimate of drug-likeness (QED) is 0.870. The van der Waals surface area contributed by atoms with Gasteiger partial charge >= 0.3 is 0 Å². The first kappa shape index (κ1) is 9.91. The number of benzene rings is 1. The van der Waals surface area contributed by atoms with Gasteiger partial charge in [0.15, 0.2) is 0 Å². The van der Waals surface area contributed by atoms with Crippen molar-refractivity contribution in [1.29, 1.82) is 0 Å². The Bertz CT molecular complexity index is 446. The van der Waals surface area contributed by atoms with Crippen LogP contribution in [0.2, 0.25) is 0 Å². The number of hydrogen-bond donors (Lipinski definition) is 1. The Morgan fingerprint density at radius 1 is 1.33 bits per heavy atom. The fourth-order valence-corrected chi connectivity index (χ4v) is 1.41. The van der Waals surface area contributed by atoms with Crippen LogP contribution in [0.3, 0.4) is 0 Å². The van der Waals surface area contributed by atoms with E-state index in [-0.39, 0.29) is 12.1 Å². The van der Waals surface area contributed by atoms with E-state index in [2.05, 4.69) is 20.1 Å². The second kappa shape index (κ2) is 4.26. The van der Waals surface area contributed by atoms with Gasteiger partial charge < -0.3 is 5.32 Å². The van der Waals surface area contributed by atoms with E-state index in [1.165, 1.54) is 0 Å². The summed E-state index contributed by atoms with van der Waals surface area (Å²) in [6.07, 6.45) is 0. The molecule has 0 radical (unpaired) electrons. The van der Waals surface area contributed by atoms with Crippen LogP contribution in [-0.4, -0.2) is 14.8 Å². The molecule has 1 aromatic heterocycles. The summed E-state index contributed by atoms with van der Waals surface area (Å²) in [5, 5.41) is 10.2. The van der Waals surface area contributed by atoms with Crippen molar-refractivity contribution in [3.8, 4) is 0 Å². The van der Waals surface area contributed by atoms with E-state index in [9.17, 15) is 8.78 Å². The van der Waals surface area contributed by atoms with E-state index < -0.39 is 11.6 Å². The fraction of sp³-hybridized carbons (Fsp3) is 0.125. The van der Waals surface area contributed by atoms with E-state index >= 15 is 0 Å². The van der Waals surface area contributed by atoms with Crippen LogP contribution in [0, 0.1) is 11.6 Å². The molecular formula is C8H6F2N4S. The molecule has 0 spiro atoms. The monoisotopic (exact) mass is 228 g/mol. The van der Waals surface area contributed by atoms with Gasteiger partial charge in [0.2, 0.25) is 5.13 Å². The van der Waals surface area contributed by atoms with Gasteiger partial charge in [0.1, 0.15) is 11.6 Å². The zero-order valence-corrected chi connectivity index (χ0v) is 8.26. The van der Waals surface area contributed by atoms with E-state index in [1.54, 1.807) is 0 Å². The van der Waals surface area contributed by atoms with Crippen molar-refractivity contribution < 1.29 is 8.78 Å². The average Bonchev–Trinajstić information content (AvgIpc) is 2.72. The lowest BCUT2D eigenvalue weighted by Crippen LogP contribution is -2.02. The van der Waals surface area contributed by atoms with Crippen LogP contribution >= 0.6 is 11.5 Å². The third-order valence-electron chi connectivity index (χ3n) is 1.74. The van der Waals surface area contributed by atoms with Crippen LogP contribution in [0.25, 0.3) is 0 Å². The largest absolute Gasteiger partial charge is 0.355 e. The number of rotatable bonds is 3. The molecule has 2 rings (SSSR count). The first-order chi connectivity index (χ1) is 7.25. The van der Waals surface area contributed by atoms with Crippen molar-refractivity contribution in [2.24, 2.45) is 0 Å². The number of aromatic nitrogens is 3. The average molecular weight is 228 g/mol. The number of hydrogen-bond acceptors (Lipinski definition) is 5. The van der Waals surface area contributed by atoms with E-state index in [1.807, 2.05) is 0 Å². The molecule has 0 atom stereocenters. The fourth-order valence-electron chi connectivity index (χ4n) is 1.05. The number of nitrogens with one attached hydrogen (secondary N) is 1. The predicted octanol–water partition coefficient (Wildman–Crippen LogP) is 1.82. The van der Waals surface area contributed by atoms with Crippen LogP contribution in [0.4, 0.5) is 13.9 Å². The van der Waals surface area contributed by atoms with Gasteiger partial charge in [-0.15, -0.1) is 0 Å². The Kier molecular flexibility index (Phi) is 2.82. The van der Waals surface area contributed by atoms with Crippen LogP contribution in [-0.2, 0) is 6.54 Å². The smallest absolute Gasteiger partial charge is 0.225 e. The molecule has 0 saturated heterocycles. The maximum absolute atomic E-state index is 13.1. The van der Waals surface area contributed by atoms with E-state index in [4.69, 9.17) is 0 Å². The Labute approximate surface area is 88.1 Å². The second-order valence-corrected chi connectivity index (χ2v) is 3.49. The Balaban J connectivity index is 2.07. The summed E-state index contributed by atoms with van der Waals surface area (Å²) < 4.78 is 29.4. The molecule has 0 saturated carbocycles. The minimum atomic E-state index is -0.469. The zero-order chi connectivity index (χ0) is 10.7. The van der Waals surface area contributed by atoms with Gasteiger partial charge in [-0.05, 0) is 23.4 Å². The maximum atomic E-state index is 13.1. The molecule has 15 heavy (non-hydrogen) atoms. The molecule has 0 unspecified atom stereocenters. The third kappa shape index (κ3) is 2.44. The van der Waals surface area contributed by atoms with E-state index in [0.29, 0.717) is 5.13 Å². The van der Waals surface area contributed by atoms with Crippen molar-refractivity contribution in [2.45, 2.75) is 6.54 Å². The molecule has 1 aromatic carbocycles. The van der Waals surface area contributed by atoms with Crippen molar-refractivity contribution in [2.75, 3.05) is 5.32 Å². The van der Waals surface area contributed by atoms with Gasteiger partial charge in [-0.25, -0.2) is 8.78 Å². The molecule has 7 heteroatoms. The third-order valence-corrected chi connectivity index (χ3v) is 2.29. The molecule has 1 N–H and O–H groups in total. The van der Waals surface area contributed by atoms with Crippen molar-refractivity contribution >= 4 is 16.7 Å². The highest BCUT2D eigenvalue weighted by molar-refractivity contribution is 7.09. The molecular weight excluding hydrogens is 222 g/mol. The van der Waals surface area contributed by atoms with Crippen LogP contribution in [0.15, 0.2) is 18.2 Å². The SMILES string of the molecule is Fc1ccc(F)c(CNc2nnns2)c1. The Hall–Kier alpha value is -1.63. The summed E-state index contributed by atoms with van der Waals surface area (Å²) in [7, 11) is 0. The number of halogens is 2. The highest BCUT2D eigenvalue weighted by Gasteiger charge is 2.04. The predicted molar refractivity (Wildman–Crippen MR) is 51.4 cm³/mol. The van der Waals surface area contributed by atoms with Gasteiger partial charge in [0.25, 0.3) is 0 Å². The first-order valence-electron chi connectivity index (χ1n) is 4.08. The van der Waals surface area contributed by atoms with Gasteiger partial charge in [0.05, 0.1) is 0 Å². The highest BCUT2D eigenvalue weighted by atomic mass is 32.1. The lowest BCUT2D eigenvalue weighted by molar-refractivity contribution is 0.587. The van der Waals surface area contributed by atoms with Gasteiger partial charge in [-0.1, -0.05) is 9.59 Å². The Morgan fingerprint density at radius 3 is 2.93 bits per heavy atom. The second-order valence-electron chi connectivity index (χ2n) is 2.76. The van der Waals surface area contributed by atoms with Crippen LogP contribution in [0.1, 0.15) is 5.56 Å². The molecule has 2 aromatic rings. The Morgan fingerprint density at radius 2 is 2.20 bits per heavy atom. The minimum absolute atomic E-state index is 0.153. The summed E-state index contributed by atoms with van der Waals surface area (Å²) in [6.45, 7) is 0.153. The standard InChI is InChI=1S/C8H6F2N4S/c9-6-1-2-7(10)5(3-6)4-11-8-12-13-14-15-8/h1-3H,4H2,(H,11,12,14). The molecule has 4 nitrogen and oxygen atoms in total. The lowest BCUT2D eigenvalue weighted by Gasteiger charge is -2.03. The van der Waals surface area contributed by atoms with Gasteiger partial charge in [-0.2, -0.15) is 0 Å². The van der Waals surface area contributed by atoms with Crippen LogP contribution < -0.4 is 5.32 Å². The molecule has 1 heterocycles. The summed E-state index contributed by atoms with van der Waals surface area (Å²) in [5.74, 6) is -0.926. The van der Waals surface area contributed by atoms with E-state index in [0.717, 1.165) is 29.7 Å². The van der Waals surface area contributed by atoms with Crippen molar-refractivity contribution in [3.63, 3.8) is 0 Å². The maximum Gasteiger partial charge on any atom is 0.225 e. The van der Waals surface area contributed by atoms with Gasteiger partial charge in [-0.3, -0.25) is 0 Å². The highest BCUT2D eigenvalue weighted by Crippen LogP contribution is 2.12. The molecule has 78 valence electrons. The molecule has 0 amide bonds. The zero-order valence-electron chi connectivity index (χ0n) is 7.44. The summed E-state index contributed by atoms with van der Waals surface area (Å²) in [4.78, 5) is 0.